The van der Waals surface area contributed by atoms with Crippen LogP contribution in [0.1, 0.15) is 16.8 Å². The molecule has 3 rings (SSSR count). The molecule has 2 fully saturated rings. The Kier molecular flexibility index (Phi) is 5.38. The van der Waals surface area contributed by atoms with Crippen LogP contribution in [0.5, 0.6) is 0 Å². The molecule has 138 valence electrons. The fraction of sp³-hybridized carbons (Fsp3) is 0.562. The minimum Gasteiger partial charge on any atom is -0.465 e. The molecule has 25 heavy (non-hydrogen) atoms. The van der Waals surface area contributed by atoms with Crippen molar-refractivity contribution in [2.75, 3.05) is 46.4 Å². The lowest BCUT2D eigenvalue weighted by molar-refractivity contribution is 0.0595. The van der Waals surface area contributed by atoms with Crippen molar-refractivity contribution < 1.29 is 22.3 Å². The van der Waals surface area contributed by atoms with Crippen molar-refractivity contribution in [1.29, 1.82) is 0 Å². The van der Waals surface area contributed by atoms with Gasteiger partial charge in [-0.25, -0.2) is 17.6 Å². The molecule has 2 aliphatic rings. The van der Waals surface area contributed by atoms with Crippen molar-refractivity contribution in [3.05, 3.63) is 29.6 Å². The van der Waals surface area contributed by atoms with Gasteiger partial charge in [-0.15, -0.1) is 0 Å². The van der Waals surface area contributed by atoms with Crippen molar-refractivity contribution in [3.63, 3.8) is 0 Å². The number of methoxy groups -OCH3 is 1. The molecule has 1 N–H and O–H groups in total. The molecule has 0 bridgehead atoms. The predicted molar refractivity (Wildman–Crippen MR) is 89.3 cm³/mol. The summed E-state index contributed by atoms with van der Waals surface area (Å²) in [5.41, 5.74) is -0.276. The van der Waals surface area contributed by atoms with Crippen LogP contribution in [0, 0.1) is 5.82 Å². The highest BCUT2D eigenvalue weighted by atomic mass is 32.2. The number of sulfonamides is 1. The molecule has 2 aliphatic heterocycles. The van der Waals surface area contributed by atoms with Crippen LogP contribution in [0.3, 0.4) is 0 Å². The summed E-state index contributed by atoms with van der Waals surface area (Å²) in [7, 11) is -2.64. The van der Waals surface area contributed by atoms with Crippen LogP contribution in [-0.4, -0.2) is 76.0 Å². The van der Waals surface area contributed by atoms with E-state index in [9.17, 15) is 17.6 Å². The van der Waals surface area contributed by atoms with Gasteiger partial charge in [0.25, 0.3) is 0 Å². The molecule has 0 aliphatic carbocycles. The average molecular weight is 371 g/mol. The molecule has 1 unspecified atom stereocenters. The summed E-state index contributed by atoms with van der Waals surface area (Å²) in [6.45, 7) is 4.44. The molecule has 0 amide bonds. The van der Waals surface area contributed by atoms with E-state index in [1.165, 1.54) is 10.4 Å². The first-order valence-corrected chi connectivity index (χ1v) is 9.70. The Bertz CT molecular complexity index is 750. The van der Waals surface area contributed by atoms with Crippen molar-refractivity contribution >= 4 is 16.0 Å². The summed E-state index contributed by atoms with van der Waals surface area (Å²) in [6.07, 6.45) is 0.766. The van der Waals surface area contributed by atoms with Gasteiger partial charge in [0, 0.05) is 45.3 Å². The molecule has 0 saturated carbocycles. The number of nitrogens with one attached hydrogen (secondary N) is 1. The maximum atomic E-state index is 14.1. The monoisotopic (exact) mass is 371 g/mol. The molecule has 1 aromatic carbocycles. The SMILES string of the molecule is COC(=O)c1ccc(S(=O)(=O)N2CCC(N3CCNCC3)C2)cc1F. The number of nitrogens with zero attached hydrogens (tertiary/aromatic N) is 2. The lowest BCUT2D eigenvalue weighted by Gasteiger charge is -2.32. The standard InChI is InChI=1S/C16H22FN3O4S/c1-24-16(21)14-3-2-13(10-15(14)17)25(22,23)20-7-4-12(11-20)19-8-5-18-6-9-19/h2-3,10,12,18H,4-9,11H2,1H3. The van der Waals surface area contributed by atoms with E-state index in [4.69, 9.17) is 0 Å². The molecule has 9 heteroatoms. The van der Waals surface area contributed by atoms with E-state index in [0.29, 0.717) is 13.1 Å². The summed E-state index contributed by atoms with van der Waals surface area (Å²) in [5, 5.41) is 3.28. The molecule has 0 spiro atoms. The van der Waals surface area contributed by atoms with E-state index in [2.05, 4.69) is 15.0 Å². The number of rotatable bonds is 4. The van der Waals surface area contributed by atoms with Crippen LogP contribution in [0.25, 0.3) is 0 Å². The van der Waals surface area contributed by atoms with Gasteiger partial charge >= 0.3 is 5.97 Å². The number of benzene rings is 1. The van der Waals surface area contributed by atoms with E-state index in [1.54, 1.807) is 0 Å². The second kappa shape index (κ2) is 7.36. The zero-order valence-electron chi connectivity index (χ0n) is 14.1. The normalized spacial score (nSPS) is 22.9. The number of piperazine rings is 1. The Labute approximate surface area is 146 Å². The smallest absolute Gasteiger partial charge is 0.340 e. The highest BCUT2D eigenvalue weighted by molar-refractivity contribution is 7.89. The Morgan fingerprint density at radius 3 is 2.64 bits per heavy atom. The predicted octanol–water partition coefficient (Wildman–Crippen LogP) is 0.281. The summed E-state index contributed by atoms with van der Waals surface area (Å²) in [5.74, 6) is -1.73. The zero-order valence-corrected chi connectivity index (χ0v) is 14.9. The largest absolute Gasteiger partial charge is 0.465 e. The molecule has 7 nitrogen and oxygen atoms in total. The summed E-state index contributed by atoms with van der Waals surface area (Å²) in [4.78, 5) is 13.6. The van der Waals surface area contributed by atoms with Gasteiger partial charge in [0.1, 0.15) is 5.82 Å². The van der Waals surface area contributed by atoms with Gasteiger partial charge in [-0.1, -0.05) is 0 Å². The lowest BCUT2D eigenvalue weighted by Crippen LogP contribution is -2.49. The van der Waals surface area contributed by atoms with Crippen molar-refractivity contribution in [1.82, 2.24) is 14.5 Å². The molecular weight excluding hydrogens is 349 g/mol. The van der Waals surface area contributed by atoms with E-state index < -0.39 is 21.8 Å². The topological polar surface area (TPSA) is 79.0 Å². The quantitative estimate of drug-likeness (QED) is 0.766. The third kappa shape index (κ3) is 3.69. The first-order valence-electron chi connectivity index (χ1n) is 8.26. The van der Waals surface area contributed by atoms with Gasteiger partial charge in [0.15, 0.2) is 0 Å². The van der Waals surface area contributed by atoms with E-state index in [0.717, 1.165) is 51.8 Å². The van der Waals surface area contributed by atoms with Gasteiger partial charge in [-0.05, 0) is 24.6 Å². The minimum atomic E-state index is -3.78. The van der Waals surface area contributed by atoms with Gasteiger partial charge in [-0.2, -0.15) is 4.31 Å². The zero-order chi connectivity index (χ0) is 18.0. The van der Waals surface area contributed by atoms with Crippen LogP contribution in [0.4, 0.5) is 4.39 Å². The number of hydrogen-bond acceptors (Lipinski definition) is 6. The number of carbonyl (C=O) groups excluding carboxylic acids is 1. The lowest BCUT2D eigenvalue weighted by atomic mass is 10.2. The second-order valence-corrected chi connectivity index (χ2v) is 8.16. The summed E-state index contributed by atoms with van der Waals surface area (Å²) < 4.78 is 45.5. The van der Waals surface area contributed by atoms with Gasteiger partial charge in [0.05, 0.1) is 17.6 Å². The number of hydrogen-bond donors (Lipinski definition) is 1. The maximum Gasteiger partial charge on any atom is 0.340 e. The summed E-state index contributed by atoms with van der Waals surface area (Å²) >= 11 is 0. The Hall–Kier alpha value is -1.55. The van der Waals surface area contributed by atoms with E-state index in [-0.39, 0.29) is 16.5 Å². The average Bonchev–Trinajstić information content (AvgIpc) is 3.12. The van der Waals surface area contributed by atoms with Crippen LogP contribution in [0.15, 0.2) is 23.1 Å². The number of halogens is 1. The third-order valence-electron chi connectivity index (χ3n) is 4.78. The van der Waals surface area contributed by atoms with Gasteiger partial charge in [-0.3, -0.25) is 4.90 Å². The fourth-order valence-electron chi connectivity index (χ4n) is 3.36. The highest BCUT2D eigenvalue weighted by Crippen LogP contribution is 2.25. The number of esters is 1. The maximum absolute atomic E-state index is 14.1. The van der Waals surface area contributed by atoms with Gasteiger partial charge < -0.3 is 10.1 Å². The van der Waals surface area contributed by atoms with Crippen LogP contribution < -0.4 is 5.32 Å². The second-order valence-electron chi connectivity index (χ2n) is 6.22. The van der Waals surface area contributed by atoms with Crippen LogP contribution in [0.2, 0.25) is 0 Å². The molecule has 0 aromatic heterocycles. The molecular formula is C16H22FN3O4S. The number of carbonyl (C=O) groups is 1. The first kappa shape index (κ1) is 18.2. The number of ether oxygens (including phenoxy) is 1. The van der Waals surface area contributed by atoms with Crippen LogP contribution >= 0.6 is 0 Å². The first-order chi connectivity index (χ1) is 11.9. The Morgan fingerprint density at radius 2 is 2.00 bits per heavy atom. The van der Waals surface area contributed by atoms with Crippen molar-refractivity contribution in [3.8, 4) is 0 Å². The molecule has 2 heterocycles. The van der Waals surface area contributed by atoms with Crippen molar-refractivity contribution in [2.24, 2.45) is 0 Å². The summed E-state index contributed by atoms with van der Waals surface area (Å²) in [6, 6.07) is 3.48. The third-order valence-corrected chi connectivity index (χ3v) is 6.64. The van der Waals surface area contributed by atoms with E-state index in [1.807, 2.05) is 0 Å². The Morgan fingerprint density at radius 1 is 1.28 bits per heavy atom. The van der Waals surface area contributed by atoms with E-state index >= 15 is 0 Å². The highest BCUT2D eigenvalue weighted by Gasteiger charge is 2.36. The molecule has 1 atom stereocenters. The minimum absolute atomic E-state index is 0.140. The molecule has 1 aromatic rings. The Balaban J connectivity index is 1.75. The van der Waals surface area contributed by atoms with Gasteiger partial charge in [0.2, 0.25) is 10.0 Å². The van der Waals surface area contributed by atoms with Crippen LogP contribution in [-0.2, 0) is 14.8 Å². The molecule has 2 saturated heterocycles. The molecule has 0 radical (unpaired) electrons. The van der Waals surface area contributed by atoms with Crippen molar-refractivity contribution in [2.45, 2.75) is 17.4 Å². The fourth-order valence-corrected chi connectivity index (χ4v) is 4.86.